The van der Waals surface area contributed by atoms with E-state index in [9.17, 15) is 14.4 Å². The summed E-state index contributed by atoms with van der Waals surface area (Å²) < 4.78 is 0.991. The number of nitrogens with one attached hydrogen (secondary N) is 1. The summed E-state index contributed by atoms with van der Waals surface area (Å²) in [5.41, 5.74) is 1.02. The van der Waals surface area contributed by atoms with Gasteiger partial charge in [-0.25, -0.2) is 0 Å². The van der Waals surface area contributed by atoms with E-state index in [1.165, 1.54) is 6.92 Å². The Hall–Kier alpha value is -1.89. The number of nitrogens with zero attached hydrogens (tertiary/aromatic N) is 2. The van der Waals surface area contributed by atoms with Gasteiger partial charge in [0.1, 0.15) is 0 Å². The molecule has 1 aliphatic heterocycles. The Kier molecular flexibility index (Phi) is 6.99. The fourth-order valence-electron chi connectivity index (χ4n) is 2.80. The van der Waals surface area contributed by atoms with Gasteiger partial charge in [0.05, 0.1) is 6.04 Å². The van der Waals surface area contributed by atoms with E-state index >= 15 is 0 Å². The Balaban J connectivity index is 1.73. The lowest BCUT2D eigenvalue weighted by atomic mass is 10.1. The second-order valence-corrected chi connectivity index (χ2v) is 7.14. The van der Waals surface area contributed by atoms with Gasteiger partial charge in [-0.05, 0) is 24.6 Å². The predicted molar refractivity (Wildman–Crippen MR) is 98.8 cm³/mol. The average Bonchev–Trinajstić information content (AvgIpc) is 2.60. The molecule has 6 nitrogen and oxygen atoms in total. The number of hydrogen-bond acceptors (Lipinski definition) is 3. The molecule has 1 aromatic carbocycles. The molecule has 0 radical (unpaired) electrons. The number of halogens is 1. The minimum atomic E-state index is -0.133. The van der Waals surface area contributed by atoms with E-state index in [2.05, 4.69) is 21.2 Å². The van der Waals surface area contributed by atoms with Crippen molar-refractivity contribution in [2.75, 3.05) is 26.2 Å². The van der Waals surface area contributed by atoms with Gasteiger partial charge >= 0.3 is 0 Å². The summed E-state index contributed by atoms with van der Waals surface area (Å²) in [6.45, 7) is 5.66. The van der Waals surface area contributed by atoms with Crippen molar-refractivity contribution in [3.05, 3.63) is 34.3 Å². The number of carbonyl (C=O) groups is 3. The van der Waals surface area contributed by atoms with Gasteiger partial charge < -0.3 is 15.1 Å². The Morgan fingerprint density at radius 2 is 1.60 bits per heavy atom. The van der Waals surface area contributed by atoms with Crippen molar-refractivity contribution in [3.8, 4) is 0 Å². The molecule has 0 spiro atoms. The van der Waals surface area contributed by atoms with Crippen LogP contribution in [0.5, 0.6) is 0 Å². The maximum atomic E-state index is 12.2. The van der Waals surface area contributed by atoms with Crippen molar-refractivity contribution < 1.29 is 14.4 Å². The minimum Gasteiger partial charge on any atom is -0.350 e. The predicted octanol–water partition coefficient (Wildman–Crippen LogP) is 2.10. The highest BCUT2D eigenvalue weighted by molar-refractivity contribution is 9.10. The van der Waals surface area contributed by atoms with Gasteiger partial charge in [-0.2, -0.15) is 0 Å². The normalized spacial score (nSPS) is 15.6. The zero-order valence-electron chi connectivity index (χ0n) is 14.6. The van der Waals surface area contributed by atoms with Gasteiger partial charge in [0.2, 0.25) is 17.7 Å². The maximum Gasteiger partial charge on any atom is 0.223 e. The molecular formula is C18H24BrN3O3. The molecule has 1 N–H and O–H groups in total. The Morgan fingerprint density at radius 3 is 2.16 bits per heavy atom. The molecule has 1 atom stereocenters. The highest BCUT2D eigenvalue weighted by Crippen LogP contribution is 2.16. The van der Waals surface area contributed by atoms with Crippen molar-refractivity contribution in [1.29, 1.82) is 0 Å². The molecule has 1 aromatic rings. The second-order valence-electron chi connectivity index (χ2n) is 6.23. The quantitative estimate of drug-likeness (QED) is 0.809. The summed E-state index contributed by atoms with van der Waals surface area (Å²) in [5, 5.41) is 2.92. The van der Waals surface area contributed by atoms with Crippen LogP contribution >= 0.6 is 15.9 Å². The zero-order valence-corrected chi connectivity index (χ0v) is 16.2. The maximum absolute atomic E-state index is 12.2. The first-order valence-electron chi connectivity index (χ1n) is 8.45. The average molecular weight is 410 g/mol. The van der Waals surface area contributed by atoms with E-state index in [1.807, 2.05) is 31.2 Å². The highest BCUT2D eigenvalue weighted by atomic mass is 79.9. The molecule has 1 heterocycles. The van der Waals surface area contributed by atoms with Crippen molar-refractivity contribution in [2.24, 2.45) is 0 Å². The third kappa shape index (κ3) is 5.85. The van der Waals surface area contributed by atoms with Gasteiger partial charge in [0, 0.05) is 50.4 Å². The molecular weight excluding hydrogens is 386 g/mol. The van der Waals surface area contributed by atoms with Crippen LogP contribution < -0.4 is 5.32 Å². The smallest absolute Gasteiger partial charge is 0.223 e. The number of carbonyl (C=O) groups excluding carboxylic acids is 3. The lowest BCUT2D eigenvalue weighted by Gasteiger charge is -2.34. The van der Waals surface area contributed by atoms with Crippen LogP contribution in [-0.2, 0) is 14.4 Å². The van der Waals surface area contributed by atoms with Gasteiger partial charge in [0.15, 0.2) is 0 Å². The first-order chi connectivity index (χ1) is 11.9. The fraction of sp³-hybridized carbons (Fsp3) is 0.500. The van der Waals surface area contributed by atoms with Gasteiger partial charge in [-0.3, -0.25) is 14.4 Å². The zero-order chi connectivity index (χ0) is 18.4. The summed E-state index contributed by atoms with van der Waals surface area (Å²) in [6, 6.07) is 7.67. The number of rotatable bonds is 5. The van der Waals surface area contributed by atoms with Crippen LogP contribution in [0.1, 0.15) is 38.3 Å². The Labute approximate surface area is 156 Å². The van der Waals surface area contributed by atoms with Crippen molar-refractivity contribution in [1.82, 2.24) is 15.1 Å². The van der Waals surface area contributed by atoms with E-state index in [0.717, 1.165) is 10.0 Å². The van der Waals surface area contributed by atoms with Crippen molar-refractivity contribution >= 4 is 33.7 Å². The summed E-state index contributed by atoms with van der Waals surface area (Å²) >= 11 is 3.38. The van der Waals surface area contributed by atoms with E-state index in [0.29, 0.717) is 26.2 Å². The molecule has 1 saturated heterocycles. The Bertz CT molecular complexity index is 625. The third-order valence-electron chi connectivity index (χ3n) is 4.39. The number of hydrogen-bond donors (Lipinski definition) is 1. The third-order valence-corrected chi connectivity index (χ3v) is 4.92. The number of piperazine rings is 1. The fourth-order valence-corrected chi connectivity index (χ4v) is 3.06. The van der Waals surface area contributed by atoms with Crippen LogP contribution in [0, 0.1) is 0 Å². The van der Waals surface area contributed by atoms with Crippen LogP contribution in [0.4, 0.5) is 0 Å². The lowest BCUT2D eigenvalue weighted by molar-refractivity contribution is -0.139. The highest BCUT2D eigenvalue weighted by Gasteiger charge is 2.22. The monoisotopic (exact) mass is 409 g/mol. The molecule has 0 saturated carbocycles. The molecule has 0 aliphatic carbocycles. The molecule has 1 aliphatic rings. The van der Waals surface area contributed by atoms with Crippen LogP contribution in [0.3, 0.4) is 0 Å². The van der Waals surface area contributed by atoms with Crippen LogP contribution in [0.15, 0.2) is 28.7 Å². The van der Waals surface area contributed by atoms with Gasteiger partial charge in [-0.15, -0.1) is 0 Å². The molecule has 0 unspecified atom stereocenters. The van der Waals surface area contributed by atoms with Crippen molar-refractivity contribution in [2.45, 2.75) is 32.7 Å². The van der Waals surface area contributed by atoms with E-state index in [4.69, 9.17) is 0 Å². The summed E-state index contributed by atoms with van der Waals surface area (Å²) in [4.78, 5) is 39.0. The summed E-state index contributed by atoms with van der Waals surface area (Å²) in [7, 11) is 0. The topological polar surface area (TPSA) is 69.7 Å². The van der Waals surface area contributed by atoms with Crippen LogP contribution in [0.2, 0.25) is 0 Å². The SMILES string of the molecule is CC(=O)N1CCN(C(=O)CCC(=O)N[C@H](C)c2ccc(Br)cc2)CC1. The number of amides is 3. The van der Waals surface area contributed by atoms with Crippen LogP contribution in [0.25, 0.3) is 0 Å². The molecule has 136 valence electrons. The molecule has 0 bridgehead atoms. The van der Waals surface area contributed by atoms with Crippen molar-refractivity contribution in [3.63, 3.8) is 0 Å². The summed E-state index contributed by atoms with van der Waals surface area (Å²) in [6.07, 6.45) is 0.367. The Morgan fingerprint density at radius 1 is 1.04 bits per heavy atom. The first kappa shape index (κ1) is 19.4. The number of benzene rings is 1. The molecule has 7 heteroatoms. The molecule has 2 rings (SSSR count). The van der Waals surface area contributed by atoms with E-state index < -0.39 is 0 Å². The minimum absolute atomic E-state index is 0.0327. The molecule has 25 heavy (non-hydrogen) atoms. The van der Waals surface area contributed by atoms with E-state index in [1.54, 1.807) is 9.80 Å². The molecule has 0 aromatic heterocycles. The molecule has 1 fully saturated rings. The molecule has 3 amide bonds. The van der Waals surface area contributed by atoms with Gasteiger partial charge in [-0.1, -0.05) is 28.1 Å². The largest absolute Gasteiger partial charge is 0.350 e. The van der Waals surface area contributed by atoms with Crippen LogP contribution in [-0.4, -0.2) is 53.7 Å². The standard InChI is InChI=1S/C18H24BrN3O3/c1-13(15-3-5-16(19)6-4-15)20-17(24)7-8-18(25)22-11-9-21(10-12-22)14(2)23/h3-6,13H,7-12H2,1-2H3,(H,20,24)/t13-/m1/s1. The second kappa shape index (κ2) is 8.99. The van der Waals surface area contributed by atoms with Gasteiger partial charge in [0.25, 0.3) is 0 Å². The summed E-state index contributed by atoms with van der Waals surface area (Å²) in [5.74, 6) is -0.130. The lowest BCUT2D eigenvalue weighted by Crippen LogP contribution is -2.50. The first-order valence-corrected chi connectivity index (χ1v) is 9.24. The van der Waals surface area contributed by atoms with E-state index in [-0.39, 0.29) is 36.6 Å².